The van der Waals surface area contributed by atoms with E-state index >= 15 is 0 Å². The molecule has 0 aromatic heterocycles. The number of hydrogen-bond donors (Lipinski definition) is 0. The van der Waals surface area contributed by atoms with Gasteiger partial charge in [-0.3, -0.25) is 0 Å². The van der Waals surface area contributed by atoms with Crippen molar-refractivity contribution in [2.45, 2.75) is 39.5 Å². The summed E-state index contributed by atoms with van der Waals surface area (Å²) in [5.41, 5.74) is -1.73. The summed E-state index contributed by atoms with van der Waals surface area (Å²) in [4.78, 5) is 0. The molecule has 0 nitrogen and oxygen atoms in total. The van der Waals surface area contributed by atoms with Gasteiger partial charge in [0.2, 0.25) is 0 Å². The third-order valence-electron chi connectivity index (χ3n) is 3.04. The van der Waals surface area contributed by atoms with Crippen LogP contribution in [0.15, 0.2) is 0 Å². The molecule has 0 amide bonds. The van der Waals surface area contributed by atoms with Crippen molar-refractivity contribution >= 4 is 0 Å². The molecule has 1 aromatic carbocycles. The molecule has 16 heavy (non-hydrogen) atoms. The first-order valence-electron chi connectivity index (χ1n) is 5.07. The summed E-state index contributed by atoms with van der Waals surface area (Å²) in [6.07, 6.45) is 0.422. The molecule has 0 spiro atoms. The average Bonchev–Trinajstić information content (AvgIpc) is 2.23. The summed E-state index contributed by atoms with van der Waals surface area (Å²) in [6, 6.07) is 0. The maximum Gasteiger partial charge on any atom is 0.195 e. The molecule has 0 saturated carbocycles. The summed E-state index contributed by atoms with van der Waals surface area (Å²) in [5.74, 6) is -5.48. The van der Waals surface area contributed by atoms with E-state index in [4.69, 9.17) is 0 Å². The Morgan fingerprint density at radius 1 is 0.875 bits per heavy atom. The van der Waals surface area contributed by atoms with Crippen molar-refractivity contribution in [3.63, 3.8) is 0 Å². The minimum absolute atomic E-state index is 0.383. The van der Waals surface area contributed by atoms with Crippen molar-refractivity contribution < 1.29 is 17.6 Å². The number of halogens is 4. The highest BCUT2D eigenvalue weighted by molar-refractivity contribution is 5.34. The van der Waals surface area contributed by atoms with Crippen LogP contribution in [0, 0.1) is 30.2 Å². The lowest BCUT2D eigenvalue weighted by Crippen LogP contribution is -2.22. The van der Waals surface area contributed by atoms with Crippen molar-refractivity contribution in [2.24, 2.45) is 0 Å². The Kier molecular flexibility index (Phi) is 3.31. The van der Waals surface area contributed by atoms with E-state index in [9.17, 15) is 17.6 Å². The molecular weight excluding hydrogens is 220 g/mol. The second-order valence-corrected chi connectivity index (χ2v) is 4.49. The van der Waals surface area contributed by atoms with Gasteiger partial charge in [0.15, 0.2) is 17.5 Å². The highest BCUT2D eigenvalue weighted by Crippen LogP contribution is 2.34. The summed E-state index contributed by atoms with van der Waals surface area (Å²) in [6.45, 7) is 6.01. The highest BCUT2D eigenvalue weighted by atomic mass is 19.2. The third-order valence-corrected chi connectivity index (χ3v) is 3.04. The second-order valence-electron chi connectivity index (χ2n) is 4.49. The maximum atomic E-state index is 13.7. The van der Waals surface area contributed by atoms with E-state index in [2.05, 4.69) is 0 Å². The van der Waals surface area contributed by atoms with Gasteiger partial charge in [0, 0.05) is 11.1 Å². The molecule has 0 heterocycles. The molecule has 0 bridgehead atoms. The van der Waals surface area contributed by atoms with E-state index in [1.54, 1.807) is 20.8 Å². The Morgan fingerprint density at radius 2 is 1.38 bits per heavy atom. The predicted octanol–water partition coefficient (Wildman–Crippen LogP) is 4.24. The molecule has 0 radical (unpaired) electrons. The van der Waals surface area contributed by atoms with Crippen molar-refractivity contribution in [3.05, 3.63) is 34.4 Å². The van der Waals surface area contributed by atoms with Crippen LogP contribution >= 0.6 is 0 Å². The van der Waals surface area contributed by atoms with E-state index in [0.29, 0.717) is 6.42 Å². The van der Waals surface area contributed by atoms with Crippen molar-refractivity contribution in [1.29, 1.82) is 0 Å². The Balaban J connectivity index is 3.65. The fourth-order valence-electron chi connectivity index (χ4n) is 1.52. The molecule has 1 aromatic rings. The van der Waals surface area contributed by atoms with Gasteiger partial charge in [0.05, 0.1) is 0 Å². The molecule has 1 rings (SSSR count). The van der Waals surface area contributed by atoms with Gasteiger partial charge >= 0.3 is 0 Å². The van der Waals surface area contributed by atoms with Crippen LogP contribution in [0.25, 0.3) is 0 Å². The summed E-state index contributed by atoms with van der Waals surface area (Å²) in [5, 5.41) is 0. The van der Waals surface area contributed by atoms with Crippen LogP contribution in [0.5, 0.6) is 0 Å². The van der Waals surface area contributed by atoms with Gasteiger partial charge in [-0.2, -0.15) is 0 Å². The fourth-order valence-corrected chi connectivity index (χ4v) is 1.52. The van der Waals surface area contributed by atoms with E-state index in [1.807, 2.05) is 0 Å². The lowest BCUT2D eigenvalue weighted by atomic mass is 9.80. The van der Waals surface area contributed by atoms with Gasteiger partial charge in [-0.1, -0.05) is 20.8 Å². The van der Waals surface area contributed by atoms with Gasteiger partial charge in [-0.25, -0.2) is 17.6 Å². The topological polar surface area (TPSA) is 0 Å². The minimum atomic E-state index is -1.60. The summed E-state index contributed by atoms with van der Waals surface area (Å²) < 4.78 is 53.5. The lowest BCUT2D eigenvalue weighted by Gasteiger charge is -2.25. The Morgan fingerprint density at radius 3 is 1.81 bits per heavy atom. The molecule has 4 heteroatoms. The molecule has 0 unspecified atom stereocenters. The smallest absolute Gasteiger partial charge is 0.195 e. The normalized spacial score (nSPS) is 12.0. The van der Waals surface area contributed by atoms with Gasteiger partial charge < -0.3 is 0 Å². The molecule has 0 aliphatic heterocycles. The second kappa shape index (κ2) is 4.07. The van der Waals surface area contributed by atoms with Crippen molar-refractivity contribution in [1.82, 2.24) is 0 Å². The zero-order valence-electron chi connectivity index (χ0n) is 9.72. The fraction of sp³-hybridized carbons (Fsp3) is 0.500. The Labute approximate surface area is 92.3 Å². The molecular formula is C12H14F4. The van der Waals surface area contributed by atoms with Crippen LogP contribution in [-0.4, -0.2) is 0 Å². The maximum absolute atomic E-state index is 13.7. The number of rotatable bonds is 2. The molecule has 0 aliphatic carbocycles. The monoisotopic (exact) mass is 234 g/mol. The molecule has 90 valence electrons. The number of hydrogen-bond acceptors (Lipinski definition) is 0. The first-order chi connectivity index (χ1) is 7.24. The van der Waals surface area contributed by atoms with E-state index < -0.39 is 34.2 Å². The Hall–Kier alpha value is -1.06. The average molecular weight is 234 g/mol. The lowest BCUT2D eigenvalue weighted by molar-refractivity contribution is 0.380. The molecule has 0 atom stereocenters. The van der Waals surface area contributed by atoms with Gasteiger partial charge in [0.25, 0.3) is 0 Å². The zero-order chi connectivity index (χ0) is 12.7. The zero-order valence-corrected chi connectivity index (χ0v) is 9.72. The van der Waals surface area contributed by atoms with Crippen LogP contribution in [-0.2, 0) is 5.41 Å². The van der Waals surface area contributed by atoms with Crippen LogP contribution in [0.4, 0.5) is 17.6 Å². The largest absolute Gasteiger partial charge is 0.206 e. The summed E-state index contributed by atoms with van der Waals surface area (Å²) >= 11 is 0. The molecule has 0 aliphatic rings. The standard InChI is InChI=1S/C12H14F4/c1-5-12(3,4)7-8(13)6(2)9(14)11(16)10(7)15/h5H2,1-4H3. The van der Waals surface area contributed by atoms with Gasteiger partial charge in [0.1, 0.15) is 5.82 Å². The summed E-state index contributed by atoms with van der Waals surface area (Å²) in [7, 11) is 0. The van der Waals surface area contributed by atoms with Crippen LogP contribution in [0.3, 0.4) is 0 Å². The van der Waals surface area contributed by atoms with Crippen molar-refractivity contribution in [3.8, 4) is 0 Å². The molecule has 0 saturated heterocycles. The van der Waals surface area contributed by atoms with Crippen molar-refractivity contribution in [2.75, 3.05) is 0 Å². The van der Waals surface area contributed by atoms with E-state index in [0.717, 1.165) is 6.92 Å². The van der Waals surface area contributed by atoms with Gasteiger partial charge in [-0.05, 0) is 18.8 Å². The van der Waals surface area contributed by atoms with Crippen LogP contribution in [0.2, 0.25) is 0 Å². The van der Waals surface area contributed by atoms with Crippen LogP contribution in [0.1, 0.15) is 38.3 Å². The number of benzene rings is 1. The molecule has 0 N–H and O–H groups in total. The van der Waals surface area contributed by atoms with E-state index in [1.165, 1.54) is 0 Å². The van der Waals surface area contributed by atoms with Gasteiger partial charge in [-0.15, -0.1) is 0 Å². The third kappa shape index (κ3) is 1.81. The Bertz CT molecular complexity index is 393. The highest BCUT2D eigenvalue weighted by Gasteiger charge is 2.32. The predicted molar refractivity (Wildman–Crippen MR) is 54.3 cm³/mol. The molecule has 0 fully saturated rings. The SMILES string of the molecule is CCC(C)(C)c1c(F)c(C)c(F)c(F)c1F. The van der Waals surface area contributed by atoms with Crippen LogP contribution < -0.4 is 0 Å². The first-order valence-corrected chi connectivity index (χ1v) is 5.07. The minimum Gasteiger partial charge on any atom is -0.206 e. The quantitative estimate of drug-likeness (QED) is 0.408. The first kappa shape index (κ1) is 13.0. The van der Waals surface area contributed by atoms with E-state index in [-0.39, 0.29) is 5.56 Å².